The number of hydrogen-bond acceptors (Lipinski definition) is 5. The molecule has 1 fully saturated rings. The van der Waals surface area contributed by atoms with Crippen molar-refractivity contribution >= 4 is 17.0 Å². The van der Waals surface area contributed by atoms with Crippen LogP contribution in [-0.2, 0) is 15.1 Å². The van der Waals surface area contributed by atoms with Gasteiger partial charge in [-0.25, -0.2) is 4.98 Å². The highest BCUT2D eigenvalue weighted by Crippen LogP contribution is 2.42. The Kier molecular flexibility index (Phi) is 5.72. The molecule has 3 aromatic rings. The lowest BCUT2D eigenvalue weighted by Crippen LogP contribution is -2.47. The molecule has 2 aromatic carbocycles. The van der Waals surface area contributed by atoms with Crippen molar-refractivity contribution in [3.8, 4) is 0 Å². The predicted octanol–water partition coefficient (Wildman–Crippen LogP) is 4.00. The molecule has 2 N–H and O–H groups in total. The molecule has 164 valence electrons. The van der Waals surface area contributed by atoms with Crippen molar-refractivity contribution in [2.24, 2.45) is 0 Å². The van der Waals surface area contributed by atoms with Gasteiger partial charge >= 0.3 is 6.18 Å². The van der Waals surface area contributed by atoms with E-state index in [9.17, 15) is 23.1 Å². The fourth-order valence-electron chi connectivity index (χ4n) is 3.72. The number of aliphatic hydroxyl groups is 1. The van der Waals surface area contributed by atoms with Crippen LogP contribution in [0.2, 0.25) is 0 Å². The molecule has 0 bridgehead atoms. The molecule has 9 heteroatoms. The lowest BCUT2D eigenvalue weighted by Gasteiger charge is -2.29. The summed E-state index contributed by atoms with van der Waals surface area (Å²) < 4.78 is 52.5. The van der Waals surface area contributed by atoms with Crippen LogP contribution in [-0.4, -0.2) is 34.9 Å². The fraction of sp³-hybridized carbons (Fsp3) is 0.364. The van der Waals surface area contributed by atoms with Gasteiger partial charge in [-0.2, -0.15) is 13.2 Å². The van der Waals surface area contributed by atoms with E-state index in [2.05, 4.69) is 10.3 Å². The second-order valence-corrected chi connectivity index (χ2v) is 7.53. The van der Waals surface area contributed by atoms with E-state index in [1.54, 1.807) is 42.5 Å². The number of amides is 1. The van der Waals surface area contributed by atoms with Gasteiger partial charge in [-0.15, -0.1) is 0 Å². The number of oxazole rings is 1. The van der Waals surface area contributed by atoms with E-state index < -0.39 is 36.0 Å². The molecule has 0 spiro atoms. The second-order valence-electron chi connectivity index (χ2n) is 7.53. The van der Waals surface area contributed by atoms with Crippen LogP contribution < -0.4 is 5.32 Å². The molecule has 3 atom stereocenters. The summed E-state index contributed by atoms with van der Waals surface area (Å²) in [6, 6.07) is 14.3. The van der Waals surface area contributed by atoms with E-state index in [1.807, 2.05) is 0 Å². The quantitative estimate of drug-likeness (QED) is 0.613. The number of alkyl halides is 3. The Morgan fingerprint density at radius 2 is 1.87 bits per heavy atom. The van der Waals surface area contributed by atoms with E-state index in [1.165, 1.54) is 12.1 Å². The average molecular weight is 434 g/mol. The molecule has 31 heavy (non-hydrogen) atoms. The summed E-state index contributed by atoms with van der Waals surface area (Å²) in [6.07, 6.45) is -5.39. The highest BCUT2D eigenvalue weighted by molar-refractivity contribution is 5.78. The van der Waals surface area contributed by atoms with Gasteiger partial charge in [0.25, 0.3) is 0 Å². The van der Waals surface area contributed by atoms with Gasteiger partial charge in [0, 0.05) is 6.61 Å². The molecule has 4 rings (SSSR count). The van der Waals surface area contributed by atoms with Crippen LogP contribution in [0.4, 0.5) is 13.2 Å². The highest BCUT2D eigenvalue weighted by atomic mass is 19.4. The largest absolute Gasteiger partial charge is 0.437 e. The predicted molar refractivity (Wildman–Crippen MR) is 105 cm³/mol. The molecule has 0 radical (unpaired) electrons. The van der Waals surface area contributed by atoms with Gasteiger partial charge in [-0.3, -0.25) is 4.79 Å². The molecule has 0 aliphatic carbocycles. The van der Waals surface area contributed by atoms with Gasteiger partial charge in [-0.05, 0) is 30.5 Å². The highest BCUT2D eigenvalue weighted by Gasteiger charge is 2.60. The van der Waals surface area contributed by atoms with Crippen LogP contribution in [0.25, 0.3) is 11.1 Å². The zero-order valence-electron chi connectivity index (χ0n) is 16.4. The summed E-state index contributed by atoms with van der Waals surface area (Å²) in [6.45, 7) is 0.513. The maximum Gasteiger partial charge on any atom is 0.426 e. The van der Waals surface area contributed by atoms with E-state index in [0.29, 0.717) is 18.6 Å². The number of nitrogens with one attached hydrogen (secondary N) is 1. The number of hydrogen-bond donors (Lipinski definition) is 2. The monoisotopic (exact) mass is 434 g/mol. The zero-order valence-corrected chi connectivity index (χ0v) is 16.4. The summed E-state index contributed by atoms with van der Waals surface area (Å²) in [5.74, 6) is -1.96. The third-order valence-corrected chi connectivity index (χ3v) is 5.34. The second kappa shape index (κ2) is 8.32. The Labute approximate surface area is 176 Å². The Balaban J connectivity index is 1.61. The van der Waals surface area contributed by atoms with E-state index >= 15 is 0 Å². The van der Waals surface area contributed by atoms with Crippen LogP contribution >= 0.6 is 0 Å². The molecular weight excluding hydrogens is 413 g/mol. The first-order chi connectivity index (χ1) is 14.8. The van der Waals surface area contributed by atoms with Gasteiger partial charge in [-0.1, -0.05) is 42.5 Å². The standard InChI is InChI=1S/C22H21F3N2O4/c23-22(24,25)21(29,20-26-15-9-4-5-10-16(15)31-20)13-18(28)27-19(17-11-6-12-30-17)14-7-2-1-3-8-14/h1-5,7-10,17,19,29H,6,11-13H2,(H,27,28). The lowest BCUT2D eigenvalue weighted by molar-refractivity contribution is -0.274. The third-order valence-electron chi connectivity index (χ3n) is 5.34. The smallest absolute Gasteiger partial charge is 0.426 e. The first kappa shape index (κ1) is 21.3. The summed E-state index contributed by atoms with van der Waals surface area (Å²) in [7, 11) is 0. The van der Waals surface area contributed by atoms with Gasteiger partial charge < -0.3 is 19.6 Å². The minimum absolute atomic E-state index is 0.0853. The zero-order chi connectivity index (χ0) is 22.1. The molecule has 3 unspecified atom stereocenters. The molecule has 1 aliphatic rings. The summed E-state index contributed by atoms with van der Waals surface area (Å²) in [4.78, 5) is 16.5. The maximum atomic E-state index is 13.9. The minimum atomic E-state index is -5.18. The van der Waals surface area contributed by atoms with Crippen molar-refractivity contribution in [3.05, 3.63) is 66.1 Å². The van der Waals surface area contributed by atoms with Crippen LogP contribution in [0, 0.1) is 0 Å². The summed E-state index contributed by atoms with van der Waals surface area (Å²) in [5, 5.41) is 13.2. The van der Waals surface area contributed by atoms with Gasteiger partial charge in [0.1, 0.15) is 5.52 Å². The molecule has 6 nitrogen and oxygen atoms in total. The van der Waals surface area contributed by atoms with Gasteiger partial charge in [0.15, 0.2) is 5.58 Å². The summed E-state index contributed by atoms with van der Waals surface area (Å²) in [5.41, 5.74) is -2.63. The van der Waals surface area contributed by atoms with Crippen molar-refractivity contribution in [1.82, 2.24) is 10.3 Å². The number of halogens is 3. The van der Waals surface area contributed by atoms with E-state index in [0.717, 1.165) is 6.42 Å². The molecule has 1 aromatic heterocycles. The Morgan fingerprint density at radius 1 is 1.16 bits per heavy atom. The number of nitrogens with zero attached hydrogens (tertiary/aromatic N) is 1. The number of carbonyl (C=O) groups excluding carboxylic acids is 1. The molecule has 1 saturated heterocycles. The minimum Gasteiger partial charge on any atom is -0.437 e. The van der Waals surface area contributed by atoms with Crippen LogP contribution in [0.5, 0.6) is 0 Å². The van der Waals surface area contributed by atoms with Gasteiger partial charge in [0.2, 0.25) is 17.4 Å². The fourth-order valence-corrected chi connectivity index (χ4v) is 3.72. The Morgan fingerprint density at radius 3 is 2.52 bits per heavy atom. The Bertz CT molecular complexity index is 1010. The van der Waals surface area contributed by atoms with Crippen molar-refractivity contribution < 1.29 is 32.2 Å². The van der Waals surface area contributed by atoms with Crippen LogP contribution in [0.1, 0.15) is 36.8 Å². The normalized spacial score (nSPS) is 19.8. The number of ether oxygens (including phenoxy) is 1. The molecular formula is C22H21F3N2O4. The topological polar surface area (TPSA) is 84.6 Å². The van der Waals surface area contributed by atoms with Crippen molar-refractivity contribution in [2.75, 3.05) is 6.61 Å². The number of fused-ring (bicyclic) bond motifs is 1. The van der Waals surface area contributed by atoms with Crippen LogP contribution in [0.3, 0.4) is 0 Å². The molecule has 2 heterocycles. The first-order valence-electron chi connectivity index (χ1n) is 9.89. The van der Waals surface area contributed by atoms with Gasteiger partial charge in [0.05, 0.1) is 18.6 Å². The summed E-state index contributed by atoms with van der Waals surface area (Å²) >= 11 is 0. The maximum absolute atomic E-state index is 13.9. The number of rotatable bonds is 6. The number of para-hydroxylation sites is 2. The Hall–Kier alpha value is -2.91. The van der Waals surface area contributed by atoms with E-state index in [-0.39, 0.29) is 17.2 Å². The van der Waals surface area contributed by atoms with Crippen LogP contribution in [0.15, 0.2) is 59.0 Å². The van der Waals surface area contributed by atoms with Crippen molar-refractivity contribution in [2.45, 2.75) is 43.2 Å². The third kappa shape index (κ3) is 4.28. The lowest BCUT2D eigenvalue weighted by atomic mass is 9.95. The van der Waals surface area contributed by atoms with Crippen molar-refractivity contribution in [3.63, 3.8) is 0 Å². The molecule has 0 saturated carbocycles. The molecule has 1 aliphatic heterocycles. The SMILES string of the molecule is O=C(CC(O)(c1nc2ccccc2o1)C(F)(F)F)NC(c1ccccc1)C1CCCO1. The molecule has 1 amide bonds. The average Bonchev–Trinajstić information content (AvgIpc) is 3.41. The number of aromatic nitrogens is 1. The van der Waals surface area contributed by atoms with E-state index in [4.69, 9.17) is 9.15 Å². The number of benzene rings is 2. The number of carbonyl (C=O) groups is 1. The first-order valence-corrected chi connectivity index (χ1v) is 9.89. The van der Waals surface area contributed by atoms with Crippen molar-refractivity contribution in [1.29, 1.82) is 0 Å².